The summed E-state index contributed by atoms with van der Waals surface area (Å²) < 4.78 is 1.15. The SMILES string of the molecule is CCc1cc(Br)ccc1-c1ccc(C)cc1. The van der Waals surface area contributed by atoms with Crippen LogP contribution in [0.4, 0.5) is 0 Å². The van der Waals surface area contributed by atoms with E-state index in [2.05, 4.69) is 72.2 Å². The van der Waals surface area contributed by atoms with Crippen molar-refractivity contribution in [2.75, 3.05) is 0 Å². The fourth-order valence-electron chi connectivity index (χ4n) is 1.87. The van der Waals surface area contributed by atoms with E-state index in [1.807, 2.05) is 0 Å². The Hall–Kier alpha value is -1.08. The van der Waals surface area contributed by atoms with Gasteiger partial charge in [-0.15, -0.1) is 0 Å². The standard InChI is InChI=1S/C15H15Br/c1-3-12-10-14(16)8-9-15(12)13-6-4-11(2)5-7-13/h4-10H,3H2,1-2H3. The Morgan fingerprint density at radius 2 is 1.69 bits per heavy atom. The molecule has 0 nitrogen and oxygen atoms in total. The highest BCUT2D eigenvalue weighted by Gasteiger charge is 2.03. The summed E-state index contributed by atoms with van der Waals surface area (Å²) >= 11 is 3.52. The largest absolute Gasteiger partial charge is 0.0613 e. The van der Waals surface area contributed by atoms with E-state index >= 15 is 0 Å². The Morgan fingerprint density at radius 3 is 2.31 bits per heavy atom. The number of rotatable bonds is 2. The van der Waals surface area contributed by atoms with Crippen LogP contribution in [0, 0.1) is 6.92 Å². The van der Waals surface area contributed by atoms with Crippen LogP contribution < -0.4 is 0 Å². The second-order valence-corrected chi connectivity index (χ2v) is 4.94. The number of halogens is 1. The summed E-state index contributed by atoms with van der Waals surface area (Å²) in [6, 6.07) is 15.2. The minimum atomic E-state index is 1.06. The summed E-state index contributed by atoms with van der Waals surface area (Å²) in [5.74, 6) is 0. The van der Waals surface area contributed by atoms with Crippen LogP contribution in [0.15, 0.2) is 46.9 Å². The number of aryl methyl sites for hydroxylation is 2. The van der Waals surface area contributed by atoms with Crippen molar-refractivity contribution in [1.29, 1.82) is 0 Å². The summed E-state index contributed by atoms with van der Waals surface area (Å²) in [6.07, 6.45) is 1.06. The molecule has 0 aliphatic heterocycles. The average Bonchev–Trinajstić information content (AvgIpc) is 2.30. The van der Waals surface area contributed by atoms with Crippen molar-refractivity contribution >= 4 is 15.9 Å². The van der Waals surface area contributed by atoms with Crippen molar-refractivity contribution in [3.8, 4) is 11.1 Å². The van der Waals surface area contributed by atoms with Crippen LogP contribution >= 0.6 is 15.9 Å². The maximum absolute atomic E-state index is 3.52. The lowest BCUT2D eigenvalue weighted by Crippen LogP contribution is -1.87. The van der Waals surface area contributed by atoms with Crippen LogP contribution in [-0.2, 0) is 6.42 Å². The van der Waals surface area contributed by atoms with E-state index in [0.29, 0.717) is 0 Å². The average molecular weight is 275 g/mol. The smallest absolute Gasteiger partial charge is 0.0178 e. The Morgan fingerprint density at radius 1 is 1.00 bits per heavy atom. The van der Waals surface area contributed by atoms with Crippen LogP contribution in [0.25, 0.3) is 11.1 Å². The molecule has 16 heavy (non-hydrogen) atoms. The summed E-state index contributed by atoms with van der Waals surface area (Å²) in [6.45, 7) is 4.31. The topological polar surface area (TPSA) is 0 Å². The molecular formula is C15H15Br. The number of benzene rings is 2. The Labute approximate surface area is 105 Å². The third kappa shape index (κ3) is 2.35. The molecule has 82 valence electrons. The fraction of sp³-hybridized carbons (Fsp3) is 0.200. The summed E-state index contributed by atoms with van der Waals surface area (Å²) in [4.78, 5) is 0. The van der Waals surface area contributed by atoms with E-state index in [4.69, 9.17) is 0 Å². The van der Waals surface area contributed by atoms with Crippen molar-refractivity contribution in [2.24, 2.45) is 0 Å². The molecule has 0 radical (unpaired) electrons. The van der Waals surface area contributed by atoms with E-state index < -0.39 is 0 Å². The van der Waals surface area contributed by atoms with Gasteiger partial charge in [-0.25, -0.2) is 0 Å². The lowest BCUT2D eigenvalue weighted by atomic mass is 9.97. The van der Waals surface area contributed by atoms with Crippen molar-refractivity contribution in [2.45, 2.75) is 20.3 Å². The minimum absolute atomic E-state index is 1.06. The molecule has 0 saturated heterocycles. The molecule has 0 N–H and O–H groups in total. The highest BCUT2D eigenvalue weighted by molar-refractivity contribution is 9.10. The van der Waals surface area contributed by atoms with Crippen LogP contribution in [0.3, 0.4) is 0 Å². The normalized spacial score (nSPS) is 10.4. The molecule has 1 heteroatoms. The molecule has 0 atom stereocenters. The molecule has 0 aliphatic carbocycles. The third-order valence-corrected chi connectivity index (χ3v) is 3.30. The van der Waals surface area contributed by atoms with Gasteiger partial charge < -0.3 is 0 Å². The molecule has 0 unspecified atom stereocenters. The highest BCUT2D eigenvalue weighted by Crippen LogP contribution is 2.27. The summed E-state index contributed by atoms with van der Waals surface area (Å²) in [5.41, 5.74) is 5.33. The van der Waals surface area contributed by atoms with Crippen molar-refractivity contribution in [3.05, 3.63) is 58.1 Å². The van der Waals surface area contributed by atoms with E-state index in [0.717, 1.165) is 10.9 Å². The quantitative estimate of drug-likeness (QED) is 0.724. The van der Waals surface area contributed by atoms with Crippen LogP contribution in [0.2, 0.25) is 0 Å². The second kappa shape index (κ2) is 4.84. The Bertz CT molecular complexity index is 483. The predicted octanol–water partition coefficient (Wildman–Crippen LogP) is 4.99. The van der Waals surface area contributed by atoms with Crippen LogP contribution in [-0.4, -0.2) is 0 Å². The van der Waals surface area contributed by atoms with Gasteiger partial charge in [0.15, 0.2) is 0 Å². The van der Waals surface area contributed by atoms with Crippen LogP contribution in [0.1, 0.15) is 18.1 Å². The molecule has 0 aromatic heterocycles. The zero-order valence-corrected chi connectivity index (χ0v) is 11.2. The number of hydrogen-bond donors (Lipinski definition) is 0. The zero-order chi connectivity index (χ0) is 11.5. The first kappa shape index (κ1) is 11.4. The Balaban J connectivity index is 2.51. The van der Waals surface area contributed by atoms with Gasteiger partial charge in [0, 0.05) is 4.47 Å². The predicted molar refractivity (Wildman–Crippen MR) is 73.7 cm³/mol. The molecule has 0 saturated carbocycles. The molecule has 0 aliphatic rings. The molecule has 2 aromatic rings. The van der Waals surface area contributed by atoms with Crippen molar-refractivity contribution in [3.63, 3.8) is 0 Å². The first-order chi connectivity index (χ1) is 7.70. The van der Waals surface area contributed by atoms with Crippen molar-refractivity contribution in [1.82, 2.24) is 0 Å². The van der Waals surface area contributed by atoms with Gasteiger partial charge in [-0.3, -0.25) is 0 Å². The molecule has 2 rings (SSSR count). The minimum Gasteiger partial charge on any atom is -0.0613 e. The highest BCUT2D eigenvalue weighted by atomic mass is 79.9. The van der Waals surface area contributed by atoms with Gasteiger partial charge in [0.05, 0.1) is 0 Å². The Kier molecular flexibility index (Phi) is 3.45. The first-order valence-electron chi connectivity index (χ1n) is 5.56. The monoisotopic (exact) mass is 274 g/mol. The van der Waals surface area contributed by atoms with Gasteiger partial charge in [-0.2, -0.15) is 0 Å². The summed E-state index contributed by atoms with van der Waals surface area (Å²) in [5, 5.41) is 0. The zero-order valence-electron chi connectivity index (χ0n) is 9.63. The van der Waals surface area contributed by atoms with Gasteiger partial charge in [0.1, 0.15) is 0 Å². The second-order valence-electron chi connectivity index (χ2n) is 4.02. The van der Waals surface area contributed by atoms with E-state index in [9.17, 15) is 0 Å². The lowest BCUT2D eigenvalue weighted by molar-refractivity contribution is 1.14. The first-order valence-corrected chi connectivity index (χ1v) is 6.35. The maximum Gasteiger partial charge on any atom is 0.0178 e. The summed E-state index contributed by atoms with van der Waals surface area (Å²) in [7, 11) is 0. The molecular weight excluding hydrogens is 260 g/mol. The molecule has 0 spiro atoms. The van der Waals surface area contributed by atoms with Gasteiger partial charge in [0.25, 0.3) is 0 Å². The molecule has 0 bridgehead atoms. The van der Waals surface area contributed by atoms with Gasteiger partial charge in [-0.05, 0) is 42.2 Å². The van der Waals surface area contributed by atoms with E-state index in [1.54, 1.807) is 0 Å². The van der Waals surface area contributed by atoms with Gasteiger partial charge in [0.2, 0.25) is 0 Å². The van der Waals surface area contributed by atoms with Crippen LogP contribution in [0.5, 0.6) is 0 Å². The molecule has 2 aromatic carbocycles. The number of hydrogen-bond acceptors (Lipinski definition) is 0. The maximum atomic E-state index is 3.52. The molecule has 0 fully saturated rings. The lowest BCUT2D eigenvalue weighted by Gasteiger charge is -2.09. The van der Waals surface area contributed by atoms with Crippen molar-refractivity contribution < 1.29 is 0 Å². The van der Waals surface area contributed by atoms with Gasteiger partial charge >= 0.3 is 0 Å². The van der Waals surface area contributed by atoms with E-state index in [1.165, 1.54) is 22.3 Å². The fourth-order valence-corrected chi connectivity index (χ4v) is 2.28. The third-order valence-electron chi connectivity index (χ3n) is 2.81. The van der Waals surface area contributed by atoms with Gasteiger partial charge in [-0.1, -0.05) is 58.7 Å². The van der Waals surface area contributed by atoms with E-state index in [-0.39, 0.29) is 0 Å². The molecule has 0 amide bonds. The molecule has 0 heterocycles.